The number of halogens is 2. The van der Waals surface area contributed by atoms with Crippen LogP contribution in [-0.4, -0.2) is 26.9 Å². The summed E-state index contributed by atoms with van der Waals surface area (Å²) in [5.41, 5.74) is 3.42. The third kappa shape index (κ3) is 4.34. The number of hydrogen-bond acceptors (Lipinski definition) is 2. The first-order valence-electron chi connectivity index (χ1n) is 9.50. The zero-order valence-electron chi connectivity index (χ0n) is 16.7. The van der Waals surface area contributed by atoms with Gasteiger partial charge in [-0.2, -0.15) is 0 Å². The van der Waals surface area contributed by atoms with Gasteiger partial charge in [0.05, 0.1) is 17.6 Å². The Kier molecular flexibility index (Phi) is 6.31. The van der Waals surface area contributed by atoms with Crippen LogP contribution in [0.4, 0.5) is 0 Å². The van der Waals surface area contributed by atoms with Crippen molar-refractivity contribution in [1.82, 2.24) is 14.5 Å². The van der Waals surface area contributed by atoms with E-state index in [0.717, 1.165) is 29.0 Å². The van der Waals surface area contributed by atoms with E-state index in [0.29, 0.717) is 34.6 Å². The molecule has 2 aromatic carbocycles. The van der Waals surface area contributed by atoms with E-state index in [4.69, 9.17) is 28.2 Å². The Morgan fingerprint density at radius 1 is 1.18 bits per heavy atom. The van der Waals surface area contributed by atoms with E-state index >= 15 is 0 Å². The minimum atomic E-state index is -0.0386. The van der Waals surface area contributed by atoms with Crippen molar-refractivity contribution in [2.24, 2.45) is 5.92 Å². The first-order chi connectivity index (χ1) is 13.3. The molecule has 0 fully saturated rings. The van der Waals surface area contributed by atoms with Gasteiger partial charge in [-0.25, -0.2) is 4.98 Å². The van der Waals surface area contributed by atoms with E-state index < -0.39 is 0 Å². The molecule has 3 rings (SSSR count). The molecule has 3 aromatic rings. The minimum absolute atomic E-state index is 0.0386. The molecule has 0 bridgehead atoms. The second-order valence-corrected chi connectivity index (χ2v) is 8.29. The Morgan fingerprint density at radius 2 is 1.93 bits per heavy atom. The van der Waals surface area contributed by atoms with Gasteiger partial charge < -0.3 is 9.47 Å². The Balaban J connectivity index is 1.98. The molecule has 0 radical (unpaired) electrons. The molecule has 1 aromatic heterocycles. The number of nitrogens with zero attached hydrogens (tertiary/aromatic N) is 3. The third-order valence-corrected chi connectivity index (χ3v) is 5.37. The fourth-order valence-electron chi connectivity index (χ4n) is 3.36. The summed E-state index contributed by atoms with van der Waals surface area (Å²) in [6, 6.07) is 11.1. The van der Waals surface area contributed by atoms with E-state index in [1.54, 1.807) is 6.07 Å². The molecule has 0 aliphatic heterocycles. The lowest BCUT2D eigenvalue weighted by Crippen LogP contribution is -2.34. The lowest BCUT2D eigenvalue weighted by molar-refractivity contribution is 0.0716. The second kappa shape index (κ2) is 8.54. The van der Waals surface area contributed by atoms with Crippen LogP contribution < -0.4 is 0 Å². The minimum Gasteiger partial charge on any atom is -0.331 e. The number of carbonyl (C=O) groups excluding carboxylic acids is 1. The van der Waals surface area contributed by atoms with Crippen LogP contribution in [0.25, 0.3) is 11.0 Å². The SMILES string of the molecule is CCn1c(CN(CC(C)C)C(=O)c2ccc(C)c(Cl)c2)nc2ccc(Cl)cc21. The van der Waals surface area contributed by atoms with Crippen LogP contribution in [0.1, 0.15) is 42.5 Å². The van der Waals surface area contributed by atoms with E-state index in [2.05, 4.69) is 25.3 Å². The summed E-state index contributed by atoms with van der Waals surface area (Å²) >= 11 is 12.4. The first-order valence-corrected chi connectivity index (χ1v) is 10.3. The molecule has 4 nitrogen and oxygen atoms in total. The van der Waals surface area contributed by atoms with Gasteiger partial charge in [-0.1, -0.05) is 43.1 Å². The summed E-state index contributed by atoms with van der Waals surface area (Å²) in [6.45, 7) is 10.0. The Morgan fingerprint density at radius 3 is 2.57 bits per heavy atom. The van der Waals surface area contributed by atoms with Crippen molar-refractivity contribution < 1.29 is 4.79 Å². The van der Waals surface area contributed by atoms with E-state index in [9.17, 15) is 4.79 Å². The molecular formula is C22H25Cl2N3O. The standard InChI is InChI=1S/C22H25Cl2N3O/c1-5-27-20-11-17(23)8-9-19(20)25-21(27)13-26(12-14(2)3)22(28)16-7-6-15(4)18(24)10-16/h6-11,14H,5,12-13H2,1-4H3. The highest BCUT2D eigenvalue weighted by Crippen LogP contribution is 2.23. The molecule has 6 heteroatoms. The van der Waals surface area contributed by atoms with Crippen LogP contribution in [0.2, 0.25) is 10.0 Å². The third-order valence-electron chi connectivity index (χ3n) is 4.73. The Labute approximate surface area is 176 Å². The van der Waals surface area contributed by atoms with Gasteiger partial charge in [0.25, 0.3) is 5.91 Å². The summed E-state index contributed by atoms with van der Waals surface area (Å²) in [5.74, 6) is 1.15. The van der Waals surface area contributed by atoms with Gasteiger partial charge in [-0.15, -0.1) is 0 Å². The molecule has 0 aliphatic rings. The van der Waals surface area contributed by atoms with Gasteiger partial charge >= 0.3 is 0 Å². The molecule has 0 saturated carbocycles. The first kappa shape index (κ1) is 20.7. The number of benzene rings is 2. The smallest absolute Gasteiger partial charge is 0.254 e. The number of imidazole rings is 1. The van der Waals surface area contributed by atoms with Gasteiger partial charge in [0.1, 0.15) is 5.82 Å². The summed E-state index contributed by atoms with van der Waals surface area (Å²) < 4.78 is 2.12. The second-order valence-electron chi connectivity index (χ2n) is 7.45. The Bertz CT molecular complexity index is 1010. The molecule has 1 heterocycles. The highest BCUT2D eigenvalue weighted by atomic mass is 35.5. The van der Waals surface area contributed by atoms with Crippen molar-refractivity contribution in [1.29, 1.82) is 0 Å². The van der Waals surface area contributed by atoms with Crippen molar-refractivity contribution >= 4 is 40.1 Å². The maximum absolute atomic E-state index is 13.2. The highest BCUT2D eigenvalue weighted by Gasteiger charge is 2.21. The molecule has 148 valence electrons. The largest absolute Gasteiger partial charge is 0.331 e. The lowest BCUT2D eigenvalue weighted by Gasteiger charge is -2.25. The molecule has 1 amide bonds. The number of aryl methyl sites for hydroxylation is 2. The zero-order valence-corrected chi connectivity index (χ0v) is 18.2. The van der Waals surface area contributed by atoms with Crippen LogP contribution in [0.5, 0.6) is 0 Å². The molecule has 0 atom stereocenters. The Hall–Kier alpha value is -2.04. The average molecular weight is 418 g/mol. The van der Waals surface area contributed by atoms with Crippen LogP contribution in [-0.2, 0) is 13.1 Å². The summed E-state index contributed by atoms with van der Waals surface area (Å²) in [4.78, 5) is 19.8. The monoisotopic (exact) mass is 417 g/mol. The zero-order chi connectivity index (χ0) is 20.4. The molecule has 28 heavy (non-hydrogen) atoms. The van der Waals surface area contributed by atoms with Crippen LogP contribution in [0, 0.1) is 12.8 Å². The van der Waals surface area contributed by atoms with Crippen LogP contribution in [0.3, 0.4) is 0 Å². The van der Waals surface area contributed by atoms with Crippen molar-refractivity contribution in [3.05, 3.63) is 63.4 Å². The number of hydrogen-bond donors (Lipinski definition) is 0. The summed E-state index contributed by atoms with van der Waals surface area (Å²) in [5, 5.41) is 1.28. The molecule has 0 saturated heterocycles. The lowest BCUT2D eigenvalue weighted by atomic mass is 10.1. The highest BCUT2D eigenvalue weighted by molar-refractivity contribution is 6.31. The predicted molar refractivity (Wildman–Crippen MR) is 116 cm³/mol. The maximum Gasteiger partial charge on any atom is 0.254 e. The molecule has 0 aliphatic carbocycles. The van der Waals surface area contributed by atoms with Crippen molar-refractivity contribution in [2.75, 3.05) is 6.54 Å². The fourth-order valence-corrected chi connectivity index (χ4v) is 3.71. The average Bonchev–Trinajstić information content (AvgIpc) is 2.98. The van der Waals surface area contributed by atoms with Crippen molar-refractivity contribution in [3.8, 4) is 0 Å². The van der Waals surface area contributed by atoms with Crippen molar-refractivity contribution in [2.45, 2.75) is 40.8 Å². The van der Waals surface area contributed by atoms with Crippen molar-refractivity contribution in [3.63, 3.8) is 0 Å². The van der Waals surface area contributed by atoms with Crippen LogP contribution in [0.15, 0.2) is 36.4 Å². The predicted octanol–water partition coefficient (Wildman–Crippen LogP) is 5.97. The number of fused-ring (bicyclic) bond motifs is 1. The topological polar surface area (TPSA) is 38.1 Å². The fraction of sp³-hybridized carbons (Fsp3) is 0.364. The van der Waals surface area contributed by atoms with Gasteiger partial charge in [-0.3, -0.25) is 4.79 Å². The summed E-state index contributed by atoms with van der Waals surface area (Å²) in [6.07, 6.45) is 0. The van der Waals surface area contributed by atoms with Gasteiger partial charge in [-0.05, 0) is 55.7 Å². The quantitative estimate of drug-likeness (QED) is 0.495. The number of aromatic nitrogens is 2. The number of carbonyl (C=O) groups is 1. The van der Waals surface area contributed by atoms with Gasteiger partial charge in [0.15, 0.2) is 0 Å². The maximum atomic E-state index is 13.2. The molecule has 0 unspecified atom stereocenters. The van der Waals surface area contributed by atoms with Gasteiger partial charge in [0.2, 0.25) is 0 Å². The molecule has 0 spiro atoms. The summed E-state index contributed by atoms with van der Waals surface area (Å²) in [7, 11) is 0. The number of amides is 1. The normalized spacial score (nSPS) is 11.4. The van der Waals surface area contributed by atoms with E-state index in [1.165, 1.54) is 0 Å². The molecular weight excluding hydrogens is 393 g/mol. The molecule has 0 N–H and O–H groups in total. The van der Waals surface area contributed by atoms with E-state index in [1.807, 2.05) is 42.2 Å². The van der Waals surface area contributed by atoms with Gasteiger partial charge in [0, 0.05) is 28.7 Å². The van der Waals surface area contributed by atoms with Crippen LogP contribution >= 0.6 is 23.2 Å². The van der Waals surface area contributed by atoms with E-state index in [-0.39, 0.29) is 5.91 Å². The number of rotatable bonds is 6.